The first-order chi connectivity index (χ1) is 11.4. The summed E-state index contributed by atoms with van der Waals surface area (Å²) in [7, 11) is 1.53. The zero-order chi connectivity index (χ0) is 17.7. The highest BCUT2D eigenvalue weighted by molar-refractivity contribution is 9.10. The Morgan fingerprint density at radius 2 is 1.79 bits per heavy atom. The Hall–Kier alpha value is -2.34. The van der Waals surface area contributed by atoms with Crippen LogP contribution in [0.3, 0.4) is 0 Å². The Morgan fingerprint density at radius 3 is 2.42 bits per heavy atom. The van der Waals surface area contributed by atoms with Crippen LogP contribution in [-0.4, -0.2) is 25.1 Å². The number of amides is 1. The molecule has 2 rings (SSSR count). The quantitative estimate of drug-likeness (QED) is 0.783. The maximum Gasteiger partial charge on any atom is 0.339 e. The number of hydrogen-bond donors (Lipinski definition) is 1. The third-order valence-corrected chi connectivity index (χ3v) is 3.94. The number of halogens is 1. The second-order valence-electron chi connectivity index (χ2n) is 5.23. The third-order valence-electron chi connectivity index (χ3n) is 3.41. The van der Waals surface area contributed by atoms with Crippen LogP contribution in [0.15, 0.2) is 46.9 Å². The standard InChI is InChI=1S/C18H18BrNO4/c1-11-4-5-13(10-16(11)23-3)18(22)24-12(2)17(21)20-15-8-6-14(19)7-9-15/h4-10,12H,1-3H3,(H,20,21)/t12-/m1/s1. The molecule has 0 saturated carbocycles. The Bertz CT molecular complexity index is 743. The summed E-state index contributed by atoms with van der Waals surface area (Å²) < 4.78 is 11.3. The summed E-state index contributed by atoms with van der Waals surface area (Å²) in [6, 6.07) is 12.1. The number of rotatable bonds is 5. The van der Waals surface area contributed by atoms with E-state index < -0.39 is 18.0 Å². The van der Waals surface area contributed by atoms with Crippen LogP contribution in [0.4, 0.5) is 5.69 Å². The fourth-order valence-electron chi connectivity index (χ4n) is 2.01. The summed E-state index contributed by atoms with van der Waals surface area (Å²) in [5.41, 5.74) is 1.87. The summed E-state index contributed by atoms with van der Waals surface area (Å²) in [5, 5.41) is 2.70. The summed E-state index contributed by atoms with van der Waals surface area (Å²) in [6.45, 7) is 3.40. The molecule has 2 aromatic rings. The lowest BCUT2D eigenvalue weighted by molar-refractivity contribution is -0.123. The Morgan fingerprint density at radius 1 is 1.12 bits per heavy atom. The lowest BCUT2D eigenvalue weighted by Crippen LogP contribution is -2.30. The number of carbonyl (C=O) groups excluding carboxylic acids is 2. The number of anilines is 1. The van der Waals surface area contributed by atoms with E-state index in [4.69, 9.17) is 9.47 Å². The molecular weight excluding hydrogens is 374 g/mol. The first-order valence-corrected chi connectivity index (χ1v) is 8.12. The fraction of sp³-hybridized carbons (Fsp3) is 0.222. The zero-order valence-corrected chi connectivity index (χ0v) is 15.2. The van der Waals surface area contributed by atoms with Crippen molar-refractivity contribution in [2.75, 3.05) is 12.4 Å². The SMILES string of the molecule is COc1cc(C(=O)O[C@H](C)C(=O)Nc2ccc(Br)cc2)ccc1C. The highest BCUT2D eigenvalue weighted by Gasteiger charge is 2.19. The zero-order valence-electron chi connectivity index (χ0n) is 13.6. The van der Waals surface area contributed by atoms with Gasteiger partial charge >= 0.3 is 5.97 Å². The Kier molecular flexibility index (Phi) is 5.98. The van der Waals surface area contributed by atoms with E-state index in [2.05, 4.69) is 21.2 Å². The van der Waals surface area contributed by atoms with E-state index in [1.54, 1.807) is 30.3 Å². The predicted molar refractivity (Wildman–Crippen MR) is 95.4 cm³/mol. The third kappa shape index (κ3) is 4.58. The highest BCUT2D eigenvalue weighted by atomic mass is 79.9. The van der Waals surface area contributed by atoms with E-state index in [9.17, 15) is 9.59 Å². The fourth-order valence-corrected chi connectivity index (χ4v) is 2.27. The average Bonchev–Trinajstić information content (AvgIpc) is 2.57. The van der Waals surface area contributed by atoms with Gasteiger partial charge in [0.1, 0.15) is 5.75 Å². The van der Waals surface area contributed by atoms with Crippen molar-refractivity contribution in [3.63, 3.8) is 0 Å². The van der Waals surface area contributed by atoms with Crippen LogP contribution in [0.5, 0.6) is 5.75 Å². The number of carbonyl (C=O) groups is 2. The molecule has 6 heteroatoms. The minimum absolute atomic E-state index is 0.334. The number of aryl methyl sites for hydroxylation is 1. The minimum atomic E-state index is -0.923. The topological polar surface area (TPSA) is 64.6 Å². The molecule has 1 amide bonds. The summed E-state index contributed by atoms with van der Waals surface area (Å²) in [5.74, 6) is -0.382. The van der Waals surface area contributed by atoms with Crippen molar-refractivity contribution < 1.29 is 19.1 Å². The second-order valence-corrected chi connectivity index (χ2v) is 6.14. The van der Waals surface area contributed by atoms with Gasteiger partial charge in [-0.3, -0.25) is 4.79 Å². The number of ether oxygens (including phenoxy) is 2. The van der Waals surface area contributed by atoms with Gasteiger partial charge in [0.25, 0.3) is 5.91 Å². The molecule has 0 saturated heterocycles. The van der Waals surface area contributed by atoms with Gasteiger partial charge in [0.05, 0.1) is 12.7 Å². The van der Waals surface area contributed by atoms with E-state index >= 15 is 0 Å². The van der Waals surface area contributed by atoms with E-state index in [-0.39, 0.29) is 0 Å². The molecule has 0 fully saturated rings. The first-order valence-electron chi connectivity index (χ1n) is 7.32. The van der Waals surface area contributed by atoms with Crippen LogP contribution in [0.2, 0.25) is 0 Å². The summed E-state index contributed by atoms with van der Waals surface area (Å²) >= 11 is 3.32. The summed E-state index contributed by atoms with van der Waals surface area (Å²) in [6.07, 6.45) is -0.923. The maximum absolute atomic E-state index is 12.2. The molecular formula is C18H18BrNO4. The largest absolute Gasteiger partial charge is 0.496 e. The Labute approximate surface area is 149 Å². The van der Waals surface area contributed by atoms with Gasteiger partial charge in [-0.15, -0.1) is 0 Å². The molecule has 0 aliphatic rings. The first kappa shape index (κ1) is 18.0. The molecule has 5 nitrogen and oxygen atoms in total. The van der Waals surface area contributed by atoms with Crippen molar-refractivity contribution in [2.24, 2.45) is 0 Å². The van der Waals surface area contributed by atoms with Gasteiger partial charge in [-0.1, -0.05) is 22.0 Å². The van der Waals surface area contributed by atoms with Crippen molar-refractivity contribution in [3.05, 3.63) is 58.1 Å². The van der Waals surface area contributed by atoms with Crippen molar-refractivity contribution in [2.45, 2.75) is 20.0 Å². The van der Waals surface area contributed by atoms with Gasteiger partial charge in [-0.2, -0.15) is 0 Å². The lowest BCUT2D eigenvalue weighted by atomic mass is 10.1. The normalized spacial score (nSPS) is 11.5. The smallest absolute Gasteiger partial charge is 0.339 e. The molecule has 0 aromatic heterocycles. The van der Waals surface area contributed by atoms with Gasteiger partial charge in [0.15, 0.2) is 6.10 Å². The van der Waals surface area contributed by atoms with Crippen LogP contribution >= 0.6 is 15.9 Å². The number of esters is 1. The van der Waals surface area contributed by atoms with Gasteiger partial charge in [0.2, 0.25) is 0 Å². The minimum Gasteiger partial charge on any atom is -0.496 e. The molecule has 1 atom stereocenters. The molecule has 0 aliphatic carbocycles. The van der Waals surface area contributed by atoms with Crippen LogP contribution in [0.1, 0.15) is 22.8 Å². The Balaban J connectivity index is 2.00. The second kappa shape index (κ2) is 7.97. The number of methoxy groups -OCH3 is 1. The molecule has 0 spiro atoms. The van der Waals surface area contributed by atoms with Crippen molar-refractivity contribution in [1.82, 2.24) is 0 Å². The van der Waals surface area contributed by atoms with Crippen LogP contribution in [0.25, 0.3) is 0 Å². The number of nitrogens with one attached hydrogen (secondary N) is 1. The molecule has 1 N–H and O–H groups in total. The van der Waals surface area contributed by atoms with Gasteiger partial charge in [-0.05, 0) is 55.8 Å². The maximum atomic E-state index is 12.2. The van der Waals surface area contributed by atoms with E-state index in [1.165, 1.54) is 14.0 Å². The molecule has 0 heterocycles. The predicted octanol–water partition coefficient (Wildman–Crippen LogP) is 3.95. The highest BCUT2D eigenvalue weighted by Crippen LogP contribution is 2.20. The monoisotopic (exact) mass is 391 g/mol. The van der Waals surface area contributed by atoms with Crippen LogP contribution < -0.4 is 10.1 Å². The molecule has 24 heavy (non-hydrogen) atoms. The molecule has 126 valence electrons. The number of hydrogen-bond acceptors (Lipinski definition) is 4. The van der Waals surface area contributed by atoms with Crippen molar-refractivity contribution in [3.8, 4) is 5.75 Å². The van der Waals surface area contributed by atoms with E-state index in [0.29, 0.717) is 17.0 Å². The number of benzene rings is 2. The lowest BCUT2D eigenvalue weighted by Gasteiger charge is -2.14. The van der Waals surface area contributed by atoms with Crippen LogP contribution in [-0.2, 0) is 9.53 Å². The molecule has 0 unspecified atom stereocenters. The molecule has 0 bridgehead atoms. The van der Waals surface area contributed by atoms with E-state index in [1.807, 2.05) is 19.1 Å². The van der Waals surface area contributed by atoms with Crippen LogP contribution in [0, 0.1) is 6.92 Å². The average molecular weight is 392 g/mol. The summed E-state index contributed by atoms with van der Waals surface area (Å²) in [4.78, 5) is 24.3. The molecule has 0 aliphatic heterocycles. The van der Waals surface area contributed by atoms with Gasteiger partial charge in [0, 0.05) is 10.2 Å². The van der Waals surface area contributed by atoms with Gasteiger partial charge in [-0.25, -0.2) is 4.79 Å². The van der Waals surface area contributed by atoms with E-state index in [0.717, 1.165) is 10.0 Å². The van der Waals surface area contributed by atoms with Crippen molar-refractivity contribution in [1.29, 1.82) is 0 Å². The van der Waals surface area contributed by atoms with Gasteiger partial charge < -0.3 is 14.8 Å². The molecule has 2 aromatic carbocycles. The van der Waals surface area contributed by atoms with Crippen molar-refractivity contribution >= 4 is 33.5 Å². The molecule has 0 radical (unpaired) electrons.